The first-order chi connectivity index (χ1) is 10.3. The first kappa shape index (κ1) is 12.6. The van der Waals surface area contributed by atoms with Crippen molar-refractivity contribution in [2.45, 2.75) is 12.5 Å². The van der Waals surface area contributed by atoms with Gasteiger partial charge in [-0.1, -0.05) is 6.07 Å². The molecule has 0 aliphatic carbocycles. The van der Waals surface area contributed by atoms with Gasteiger partial charge < -0.3 is 10.2 Å². The van der Waals surface area contributed by atoms with Crippen molar-refractivity contribution in [2.75, 3.05) is 19.6 Å². The Bertz CT molecular complexity index is 651. The summed E-state index contributed by atoms with van der Waals surface area (Å²) in [6.45, 7) is 3.31. The minimum Gasteiger partial charge on any atom is -0.333 e. The Morgan fingerprint density at radius 2 is 2.24 bits per heavy atom. The fraction of sp³-hybridized carbons (Fsp3) is 0.375. The van der Waals surface area contributed by atoms with Crippen molar-refractivity contribution in [2.24, 2.45) is 5.92 Å². The van der Waals surface area contributed by atoms with Gasteiger partial charge in [-0.15, -0.1) is 0 Å². The molecule has 1 N–H and O–H groups in total. The number of hydrogen-bond acceptors (Lipinski definition) is 3. The van der Waals surface area contributed by atoms with Crippen LogP contribution in [0.15, 0.2) is 42.9 Å². The highest BCUT2D eigenvalue weighted by molar-refractivity contribution is 5.79. The molecule has 0 radical (unpaired) electrons. The van der Waals surface area contributed by atoms with E-state index in [1.54, 1.807) is 17.0 Å². The first-order valence-electron chi connectivity index (χ1n) is 7.42. The lowest BCUT2D eigenvalue weighted by atomic mass is 10.0. The maximum absolute atomic E-state index is 12.3. The third-order valence-corrected chi connectivity index (χ3v) is 4.53. The number of carbonyl (C=O) groups excluding carboxylic acids is 1. The molecule has 2 aliphatic heterocycles. The monoisotopic (exact) mass is 282 g/mol. The molecule has 2 aromatic rings. The third-order valence-electron chi connectivity index (χ3n) is 4.53. The number of nitrogens with one attached hydrogen (secondary N) is 1. The predicted octanol–water partition coefficient (Wildman–Crippen LogP) is 1.81. The van der Waals surface area contributed by atoms with Gasteiger partial charge in [0.15, 0.2) is 0 Å². The Balaban J connectivity index is 1.47. The van der Waals surface area contributed by atoms with Gasteiger partial charge in [0.05, 0.1) is 5.69 Å². The highest BCUT2D eigenvalue weighted by Gasteiger charge is 2.38. The van der Waals surface area contributed by atoms with Gasteiger partial charge in [-0.05, 0) is 37.1 Å². The summed E-state index contributed by atoms with van der Waals surface area (Å²) in [4.78, 5) is 19.1. The summed E-state index contributed by atoms with van der Waals surface area (Å²) >= 11 is 0. The Morgan fingerprint density at radius 3 is 2.95 bits per heavy atom. The van der Waals surface area contributed by atoms with Crippen LogP contribution in [0.3, 0.4) is 0 Å². The van der Waals surface area contributed by atoms with Gasteiger partial charge in [-0.2, -0.15) is 0 Å². The van der Waals surface area contributed by atoms with Crippen LogP contribution >= 0.6 is 0 Å². The van der Waals surface area contributed by atoms with Gasteiger partial charge in [0.1, 0.15) is 0 Å². The van der Waals surface area contributed by atoms with Crippen LogP contribution < -0.4 is 5.32 Å². The van der Waals surface area contributed by atoms with E-state index in [4.69, 9.17) is 0 Å². The summed E-state index contributed by atoms with van der Waals surface area (Å²) in [5, 5.41) is 3.15. The largest absolute Gasteiger partial charge is 0.333 e. The van der Waals surface area contributed by atoms with E-state index >= 15 is 0 Å². The van der Waals surface area contributed by atoms with E-state index in [0.29, 0.717) is 12.0 Å². The standard InChI is InChI=1S/C16H18N4O/c21-16(18-15-11-19-7-4-12(15)9-19)20-8-5-13(10-20)14-3-1-2-6-17-14/h1-3,5-6,8,10,12,15H,4,7,9,11H2,(H,18,21)/t12-,15?/m0/s1. The molecule has 2 saturated heterocycles. The second kappa shape index (κ2) is 5.00. The second-order valence-corrected chi connectivity index (χ2v) is 5.89. The van der Waals surface area contributed by atoms with Crippen LogP contribution in [0.5, 0.6) is 0 Å². The van der Waals surface area contributed by atoms with Crippen molar-refractivity contribution < 1.29 is 4.79 Å². The summed E-state index contributed by atoms with van der Waals surface area (Å²) < 4.78 is 1.62. The number of fused-ring (bicyclic) bond motifs is 2. The molecular weight excluding hydrogens is 264 g/mol. The summed E-state index contributed by atoms with van der Waals surface area (Å²) in [5.74, 6) is 0.625. The molecule has 4 heterocycles. The van der Waals surface area contributed by atoms with Crippen molar-refractivity contribution in [1.29, 1.82) is 0 Å². The Kier molecular flexibility index (Phi) is 3.00. The molecule has 2 bridgehead atoms. The zero-order valence-electron chi connectivity index (χ0n) is 11.8. The van der Waals surface area contributed by atoms with E-state index < -0.39 is 0 Å². The molecule has 5 nitrogen and oxygen atoms in total. The van der Waals surface area contributed by atoms with Gasteiger partial charge in [0.25, 0.3) is 0 Å². The van der Waals surface area contributed by atoms with Crippen LogP contribution in [-0.2, 0) is 0 Å². The van der Waals surface area contributed by atoms with E-state index in [1.165, 1.54) is 13.0 Å². The lowest BCUT2D eigenvalue weighted by Crippen LogP contribution is -2.44. The van der Waals surface area contributed by atoms with Crippen LogP contribution in [0.2, 0.25) is 0 Å². The molecule has 2 unspecified atom stereocenters. The maximum Gasteiger partial charge on any atom is 0.325 e. The van der Waals surface area contributed by atoms with E-state index in [-0.39, 0.29) is 6.03 Å². The quantitative estimate of drug-likeness (QED) is 0.914. The number of rotatable bonds is 2. The number of pyridine rings is 1. The number of hydrogen-bond donors (Lipinski definition) is 1. The molecule has 3 atom stereocenters. The van der Waals surface area contributed by atoms with Crippen molar-refractivity contribution >= 4 is 6.03 Å². The van der Waals surface area contributed by atoms with Crippen molar-refractivity contribution in [3.05, 3.63) is 42.9 Å². The van der Waals surface area contributed by atoms with Gasteiger partial charge in [-0.3, -0.25) is 9.55 Å². The molecule has 2 fully saturated rings. The van der Waals surface area contributed by atoms with Crippen LogP contribution in [0.25, 0.3) is 11.3 Å². The zero-order valence-corrected chi connectivity index (χ0v) is 11.8. The normalized spacial score (nSPS) is 27.0. The molecule has 1 amide bonds. The molecular formula is C16H18N4O. The van der Waals surface area contributed by atoms with Crippen LogP contribution in [0.1, 0.15) is 6.42 Å². The fourth-order valence-electron chi connectivity index (χ4n) is 3.39. The van der Waals surface area contributed by atoms with Crippen molar-refractivity contribution in [3.63, 3.8) is 0 Å². The zero-order chi connectivity index (χ0) is 14.2. The average Bonchev–Trinajstić information content (AvgIpc) is 3.24. The minimum absolute atomic E-state index is 0.0454. The molecule has 2 aromatic heterocycles. The lowest BCUT2D eigenvalue weighted by Gasteiger charge is -2.23. The first-order valence-corrected chi connectivity index (χ1v) is 7.42. The van der Waals surface area contributed by atoms with Gasteiger partial charge in [-0.25, -0.2) is 4.79 Å². The van der Waals surface area contributed by atoms with E-state index in [0.717, 1.165) is 24.3 Å². The Morgan fingerprint density at radius 1 is 1.29 bits per heavy atom. The predicted molar refractivity (Wildman–Crippen MR) is 79.9 cm³/mol. The molecule has 4 rings (SSSR count). The number of nitrogens with zero attached hydrogens (tertiary/aromatic N) is 3. The van der Waals surface area contributed by atoms with E-state index in [9.17, 15) is 4.79 Å². The fourth-order valence-corrected chi connectivity index (χ4v) is 3.39. The summed E-state index contributed by atoms with van der Waals surface area (Å²) in [7, 11) is 0. The molecule has 0 saturated carbocycles. The van der Waals surface area contributed by atoms with Crippen LogP contribution in [-0.4, -0.2) is 46.2 Å². The summed E-state index contributed by atoms with van der Waals surface area (Å²) in [6.07, 6.45) is 6.60. The number of carbonyl (C=O) groups is 1. The second-order valence-electron chi connectivity index (χ2n) is 5.89. The molecule has 2 aliphatic rings. The van der Waals surface area contributed by atoms with Crippen LogP contribution in [0, 0.1) is 5.92 Å². The smallest absolute Gasteiger partial charge is 0.325 e. The van der Waals surface area contributed by atoms with Crippen molar-refractivity contribution in [3.8, 4) is 11.3 Å². The Hall–Kier alpha value is -2.14. The maximum atomic E-state index is 12.3. The summed E-state index contributed by atoms with van der Waals surface area (Å²) in [5.41, 5.74) is 1.84. The van der Waals surface area contributed by atoms with Crippen molar-refractivity contribution in [1.82, 2.24) is 19.8 Å². The molecule has 5 heteroatoms. The molecule has 108 valence electrons. The van der Waals surface area contributed by atoms with Gasteiger partial charge in [0, 0.05) is 43.3 Å². The number of piperidine rings is 1. The molecule has 0 spiro atoms. The van der Waals surface area contributed by atoms with Gasteiger partial charge in [0.2, 0.25) is 0 Å². The Labute approximate surface area is 123 Å². The highest BCUT2D eigenvalue weighted by Crippen LogP contribution is 2.27. The molecule has 21 heavy (non-hydrogen) atoms. The average molecular weight is 282 g/mol. The minimum atomic E-state index is -0.0454. The van der Waals surface area contributed by atoms with Crippen LogP contribution in [0.4, 0.5) is 4.79 Å². The van der Waals surface area contributed by atoms with E-state index in [2.05, 4.69) is 15.2 Å². The number of aromatic nitrogens is 2. The summed E-state index contributed by atoms with van der Waals surface area (Å²) in [6, 6.07) is 7.96. The third kappa shape index (κ3) is 2.34. The SMILES string of the molecule is O=C(NC1CN2CC[C@H]1C2)n1ccc(-c2ccccn2)c1. The topological polar surface area (TPSA) is 50.2 Å². The lowest BCUT2D eigenvalue weighted by molar-refractivity contribution is 0.231. The van der Waals surface area contributed by atoms with E-state index in [1.807, 2.05) is 30.5 Å². The molecule has 0 aromatic carbocycles. The highest BCUT2D eigenvalue weighted by atomic mass is 16.2. The van der Waals surface area contributed by atoms with Gasteiger partial charge >= 0.3 is 6.03 Å². The number of amides is 1.